The van der Waals surface area contributed by atoms with Crippen LogP contribution in [0.1, 0.15) is 17.5 Å². The highest BCUT2D eigenvalue weighted by atomic mass is 19.1. The van der Waals surface area contributed by atoms with Gasteiger partial charge in [-0.1, -0.05) is 18.2 Å². The van der Waals surface area contributed by atoms with E-state index in [-0.39, 0.29) is 11.7 Å². The molecule has 3 nitrogen and oxygen atoms in total. The predicted molar refractivity (Wildman–Crippen MR) is 84.4 cm³/mol. The number of carbonyl (C=O) groups is 1. The highest BCUT2D eigenvalue weighted by Crippen LogP contribution is 2.43. The molecule has 1 atom stereocenters. The molecule has 2 heterocycles. The zero-order valence-electron chi connectivity index (χ0n) is 12.4. The number of rotatable bonds is 1. The largest absolute Gasteiger partial charge is 0.325 e. The topological polar surface area (TPSA) is 41.1 Å². The monoisotopic (exact) mass is 296 g/mol. The molecule has 2 N–H and O–H groups in total. The summed E-state index contributed by atoms with van der Waals surface area (Å²) in [5, 5.41) is 6.26. The third kappa shape index (κ3) is 1.80. The summed E-state index contributed by atoms with van der Waals surface area (Å²) in [6, 6.07) is 11.2. The van der Waals surface area contributed by atoms with E-state index in [4.69, 9.17) is 0 Å². The third-order valence-corrected chi connectivity index (χ3v) is 4.88. The van der Waals surface area contributed by atoms with Gasteiger partial charge >= 0.3 is 0 Å². The van der Waals surface area contributed by atoms with Gasteiger partial charge in [0.1, 0.15) is 5.82 Å². The van der Waals surface area contributed by atoms with Gasteiger partial charge in [-0.05, 0) is 60.3 Å². The standard InChI is InChI=1S/C18H17FN2O/c1-11-2-3-13(9-15(11)19)12-4-5-16-14(8-12)18(17(22)21-16)6-7-20-10-18/h2-5,8-9,20H,6-7,10H2,1H3,(H,21,22). The van der Waals surface area contributed by atoms with Crippen LogP contribution in [-0.2, 0) is 10.2 Å². The summed E-state index contributed by atoms with van der Waals surface area (Å²) in [5.41, 5.74) is 3.87. The molecule has 2 aromatic rings. The maximum Gasteiger partial charge on any atom is 0.236 e. The number of fused-ring (bicyclic) bond motifs is 2. The van der Waals surface area contributed by atoms with Crippen molar-refractivity contribution in [1.82, 2.24) is 5.32 Å². The SMILES string of the molecule is Cc1ccc(-c2ccc3c(c2)C2(CCNC2)C(=O)N3)cc1F. The molecule has 1 unspecified atom stereocenters. The Balaban J connectivity index is 1.83. The maximum atomic E-state index is 13.8. The average molecular weight is 296 g/mol. The maximum absolute atomic E-state index is 13.8. The molecule has 2 aromatic carbocycles. The van der Waals surface area contributed by atoms with Crippen molar-refractivity contribution in [3.05, 3.63) is 53.3 Å². The van der Waals surface area contributed by atoms with Crippen LogP contribution < -0.4 is 10.6 Å². The average Bonchev–Trinajstić information content (AvgIpc) is 3.10. The van der Waals surface area contributed by atoms with Crippen LogP contribution >= 0.6 is 0 Å². The van der Waals surface area contributed by atoms with Crippen LogP contribution in [0.5, 0.6) is 0 Å². The van der Waals surface area contributed by atoms with Gasteiger partial charge in [-0.2, -0.15) is 0 Å². The van der Waals surface area contributed by atoms with E-state index in [0.29, 0.717) is 12.1 Å². The first kappa shape index (κ1) is 13.5. The van der Waals surface area contributed by atoms with Crippen LogP contribution in [0.15, 0.2) is 36.4 Å². The molecule has 2 aliphatic rings. The number of nitrogens with one attached hydrogen (secondary N) is 2. The van der Waals surface area contributed by atoms with E-state index in [1.54, 1.807) is 19.1 Å². The highest BCUT2D eigenvalue weighted by molar-refractivity contribution is 6.07. The van der Waals surface area contributed by atoms with Crippen LogP contribution in [-0.4, -0.2) is 19.0 Å². The first-order valence-electron chi connectivity index (χ1n) is 7.53. The van der Waals surface area contributed by atoms with Gasteiger partial charge in [-0.3, -0.25) is 4.79 Å². The molecular weight excluding hydrogens is 279 g/mol. The fourth-order valence-electron chi connectivity index (χ4n) is 3.48. The van der Waals surface area contributed by atoms with Crippen molar-refractivity contribution in [2.24, 2.45) is 0 Å². The number of hydrogen-bond donors (Lipinski definition) is 2. The fraction of sp³-hybridized carbons (Fsp3) is 0.278. The van der Waals surface area contributed by atoms with E-state index in [1.807, 2.05) is 24.3 Å². The quantitative estimate of drug-likeness (QED) is 0.849. The normalized spacial score (nSPS) is 22.9. The number of aryl methyl sites for hydroxylation is 1. The molecule has 0 radical (unpaired) electrons. The first-order chi connectivity index (χ1) is 10.6. The first-order valence-corrected chi connectivity index (χ1v) is 7.53. The molecule has 2 aliphatic heterocycles. The fourth-order valence-corrected chi connectivity index (χ4v) is 3.48. The minimum absolute atomic E-state index is 0.0692. The molecule has 1 spiro atoms. The molecule has 4 rings (SSSR count). The highest BCUT2D eigenvalue weighted by Gasteiger charge is 2.48. The summed E-state index contributed by atoms with van der Waals surface area (Å²) in [6.45, 7) is 3.26. The summed E-state index contributed by atoms with van der Waals surface area (Å²) in [5.74, 6) is -0.135. The van der Waals surface area contributed by atoms with Crippen molar-refractivity contribution in [1.29, 1.82) is 0 Å². The van der Waals surface area contributed by atoms with Gasteiger partial charge in [0.15, 0.2) is 0 Å². The summed E-state index contributed by atoms with van der Waals surface area (Å²) in [4.78, 5) is 12.4. The summed E-state index contributed by atoms with van der Waals surface area (Å²) in [7, 11) is 0. The van der Waals surface area contributed by atoms with Crippen molar-refractivity contribution in [3.8, 4) is 11.1 Å². The van der Waals surface area contributed by atoms with E-state index >= 15 is 0 Å². The number of hydrogen-bond acceptors (Lipinski definition) is 2. The van der Waals surface area contributed by atoms with Crippen molar-refractivity contribution in [3.63, 3.8) is 0 Å². The van der Waals surface area contributed by atoms with E-state index < -0.39 is 5.41 Å². The molecule has 0 aromatic heterocycles. The Morgan fingerprint density at radius 2 is 1.91 bits per heavy atom. The van der Waals surface area contributed by atoms with Crippen molar-refractivity contribution < 1.29 is 9.18 Å². The zero-order chi connectivity index (χ0) is 15.3. The van der Waals surface area contributed by atoms with Crippen LogP contribution in [0.3, 0.4) is 0 Å². The molecule has 1 amide bonds. The minimum atomic E-state index is -0.464. The van der Waals surface area contributed by atoms with Gasteiger partial charge in [0.2, 0.25) is 5.91 Å². The van der Waals surface area contributed by atoms with Crippen LogP contribution in [0.4, 0.5) is 10.1 Å². The van der Waals surface area contributed by atoms with Crippen LogP contribution in [0.25, 0.3) is 11.1 Å². The Morgan fingerprint density at radius 1 is 1.14 bits per heavy atom. The Hall–Kier alpha value is -2.20. The predicted octanol–water partition coefficient (Wildman–Crippen LogP) is 2.98. The number of amides is 1. The number of anilines is 1. The lowest BCUT2D eigenvalue weighted by atomic mass is 9.80. The molecule has 0 saturated carbocycles. The molecule has 0 aliphatic carbocycles. The van der Waals surface area contributed by atoms with Crippen molar-refractivity contribution >= 4 is 11.6 Å². The molecule has 0 bridgehead atoms. The van der Waals surface area contributed by atoms with E-state index in [2.05, 4.69) is 10.6 Å². The number of carbonyl (C=O) groups excluding carboxylic acids is 1. The summed E-state index contributed by atoms with van der Waals surface area (Å²) < 4.78 is 13.8. The Kier molecular flexibility index (Phi) is 2.84. The lowest BCUT2D eigenvalue weighted by Gasteiger charge is -2.20. The number of benzene rings is 2. The number of halogens is 1. The van der Waals surface area contributed by atoms with Crippen molar-refractivity contribution in [2.45, 2.75) is 18.8 Å². The molecular formula is C18H17FN2O. The minimum Gasteiger partial charge on any atom is -0.325 e. The van der Waals surface area contributed by atoms with E-state index in [1.165, 1.54) is 0 Å². The molecule has 22 heavy (non-hydrogen) atoms. The summed E-state index contributed by atoms with van der Waals surface area (Å²) >= 11 is 0. The Bertz CT molecular complexity index is 779. The van der Waals surface area contributed by atoms with Crippen LogP contribution in [0.2, 0.25) is 0 Å². The van der Waals surface area contributed by atoms with Gasteiger partial charge < -0.3 is 10.6 Å². The van der Waals surface area contributed by atoms with Gasteiger partial charge in [0.25, 0.3) is 0 Å². The molecule has 4 heteroatoms. The lowest BCUT2D eigenvalue weighted by molar-refractivity contribution is -0.120. The Morgan fingerprint density at radius 3 is 2.64 bits per heavy atom. The second-order valence-corrected chi connectivity index (χ2v) is 6.19. The summed E-state index contributed by atoms with van der Waals surface area (Å²) in [6.07, 6.45) is 0.803. The smallest absolute Gasteiger partial charge is 0.236 e. The molecule has 112 valence electrons. The van der Waals surface area contributed by atoms with E-state index in [0.717, 1.165) is 35.3 Å². The lowest BCUT2D eigenvalue weighted by Crippen LogP contribution is -2.36. The second kappa shape index (κ2) is 4.65. The second-order valence-electron chi connectivity index (χ2n) is 6.19. The van der Waals surface area contributed by atoms with Gasteiger partial charge in [-0.25, -0.2) is 4.39 Å². The van der Waals surface area contributed by atoms with Gasteiger partial charge in [0, 0.05) is 12.2 Å². The Labute approximate surface area is 128 Å². The van der Waals surface area contributed by atoms with Crippen LogP contribution in [0, 0.1) is 12.7 Å². The van der Waals surface area contributed by atoms with Gasteiger partial charge in [0.05, 0.1) is 5.41 Å². The van der Waals surface area contributed by atoms with E-state index in [9.17, 15) is 9.18 Å². The zero-order valence-corrected chi connectivity index (χ0v) is 12.4. The van der Waals surface area contributed by atoms with Crippen molar-refractivity contribution in [2.75, 3.05) is 18.4 Å². The molecule has 1 fully saturated rings. The molecule has 1 saturated heterocycles. The third-order valence-electron chi connectivity index (χ3n) is 4.88. The van der Waals surface area contributed by atoms with Gasteiger partial charge in [-0.15, -0.1) is 0 Å².